The summed E-state index contributed by atoms with van der Waals surface area (Å²) in [4.78, 5) is 1.37. The first-order valence-corrected chi connectivity index (χ1v) is 7.04. The average molecular weight is 237 g/mol. The molecule has 90 valence electrons. The molecule has 0 saturated heterocycles. The van der Waals surface area contributed by atoms with Crippen molar-refractivity contribution >= 4 is 11.8 Å². The molecule has 0 heterocycles. The molecular weight excluding hydrogens is 214 g/mol. The molecule has 0 radical (unpaired) electrons. The molecule has 16 heavy (non-hydrogen) atoms. The molecule has 1 atom stereocenters. The van der Waals surface area contributed by atoms with Gasteiger partial charge in [0.1, 0.15) is 0 Å². The van der Waals surface area contributed by atoms with Crippen molar-refractivity contribution in [2.24, 2.45) is 0 Å². The fourth-order valence-electron chi connectivity index (χ4n) is 1.50. The van der Waals surface area contributed by atoms with E-state index in [4.69, 9.17) is 0 Å². The van der Waals surface area contributed by atoms with Gasteiger partial charge < -0.3 is 5.32 Å². The molecule has 0 aliphatic heterocycles. The summed E-state index contributed by atoms with van der Waals surface area (Å²) >= 11 is 1.95. The quantitative estimate of drug-likeness (QED) is 0.571. The Kier molecular flexibility index (Phi) is 6.58. The van der Waals surface area contributed by atoms with Crippen LogP contribution in [0.15, 0.2) is 29.2 Å². The normalized spacial score (nSPS) is 12.7. The standard InChI is InChI=1S/C14H23NS/c1-4-5-10-15-11-13(3)16-14-8-6-12(2)7-9-14/h6-9,13,15H,4-5,10-11H2,1-3H3. The second-order valence-corrected chi connectivity index (χ2v) is 5.81. The number of hydrogen-bond donors (Lipinski definition) is 1. The first kappa shape index (κ1) is 13.6. The van der Waals surface area contributed by atoms with Crippen molar-refractivity contribution in [1.82, 2.24) is 5.32 Å². The van der Waals surface area contributed by atoms with E-state index in [0.29, 0.717) is 5.25 Å². The zero-order valence-corrected chi connectivity index (χ0v) is 11.4. The molecule has 0 saturated carbocycles. The van der Waals surface area contributed by atoms with Gasteiger partial charge in [0, 0.05) is 16.7 Å². The third-order valence-corrected chi connectivity index (χ3v) is 3.61. The Hall–Kier alpha value is -0.470. The zero-order valence-electron chi connectivity index (χ0n) is 10.6. The highest BCUT2D eigenvalue weighted by Crippen LogP contribution is 2.22. The predicted molar refractivity (Wildman–Crippen MR) is 74.3 cm³/mol. The molecular formula is C14H23NS. The molecule has 0 fully saturated rings. The summed E-state index contributed by atoms with van der Waals surface area (Å²) in [5, 5.41) is 4.14. The third-order valence-electron chi connectivity index (χ3n) is 2.50. The Labute approximate surface area is 104 Å². The molecule has 1 nitrogen and oxygen atoms in total. The van der Waals surface area contributed by atoms with Crippen LogP contribution in [0.5, 0.6) is 0 Å². The van der Waals surface area contributed by atoms with Crippen molar-refractivity contribution in [2.45, 2.75) is 43.8 Å². The lowest BCUT2D eigenvalue weighted by molar-refractivity contribution is 0.638. The third kappa shape index (κ3) is 5.57. The molecule has 0 aliphatic carbocycles. The molecule has 0 aromatic heterocycles. The van der Waals surface area contributed by atoms with E-state index in [2.05, 4.69) is 50.4 Å². The summed E-state index contributed by atoms with van der Waals surface area (Å²) < 4.78 is 0. The van der Waals surface area contributed by atoms with E-state index in [1.165, 1.54) is 23.3 Å². The van der Waals surface area contributed by atoms with Crippen LogP contribution in [0.1, 0.15) is 32.3 Å². The van der Waals surface area contributed by atoms with E-state index >= 15 is 0 Å². The smallest absolute Gasteiger partial charge is 0.0191 e. The lowest BCUT2D eigenvalue weighted by atomic mass is 10.2. The van der Waals surface area contributed by atoms with Crippen LogP contribution in [0.25, 0.3) is 0 Å². The van der Waals surface area contributed by atoms with Crippen molar-refractivity contribution in [2.75, 3.05) is 13.1 Å². The van der Waals surface area contributed by atoms with Gasteiger partial charge in [-0.3, -0.25) is 0 Å². The summed E-state index contributed by atoms with van der Waals surface area (Å²) in [6.07, 6.45) is 2.55. The lowest BCUT2D eigenvalue weighted by Gasteiger charge is -2.12. The van der Waals surface area contributed by atoms with Gasteiger partial charge in [0.25, 0.3) is 0 Å². The number of nitrogens with one attached hydrogen (secondary N) is 1. The molecule has 1 unspecified atom stereocenters. The number of unbranched alkanes of at least 4 members (excludes halogenated alkanes) is 1. The van der Waals surface area contributed by atoms with E-state index < -0.39 is 0 Å². The van der Waals surface area contributed by atoms with E-state index in [-0.39, 0.29) is 0 Å². The second kappa shape index (κ2) is 7.75. The largest absolute Gasteiger partial charge is 0.316 e. The van der Waals surface area contributed by atoms with Crippen LogP contribution in [-0.2, 0) is 0 Å². The number of thioether (sulfide) groups is 1. The molecule has 0 spiro atoms. The molecule has 1 aromatic carbocycles. The fraction of sp³-hybridized carbons (Fsp3) is 0.571. The predicted octanol–water partition coefficient (Wildman–Crippen LogP) is 3.87. The van der Waals surface area contributed by atoms with Crippen LogP contribution in [0, 0.1) is 6.92 Å². The van der Waals surface area contributed by atoms with Crippen LogP contribution >= 0.6 is 11.8 Å². The first-order valence-electron chi connectivity index (χ1n) is 6.16. The summed E-state index contributed by atoms with van der Waals surface area (Å²) in [7, 11) is 0. The first-order chi connectivity index (χ1) is 7.72. The maximum atomic E-state index is 3.50. The number of benzene rings is 1. The van der Waals surface area contributed by atoms with Crippen LogP contribution in [0.3, 0.4) is 0 Å². The van der Waals surface area contributed by atoms with Gasteiger partial charge >= 0.3 is 0 Å². The van der Waals surface area contributed by atoms with E-state index in [0.717, 1.165) is 13.1 Å². The Morgan fingerprint density at radius 3 is 2.56 bits per heavy atom. The summed E-state index contributed by atoms with van der Waals surface area (Å²) in [5.41, 5.74) is 1.33. The number of aryl methyl sites for hydroxylation is 1. The highest BCUT2D eigenvalue weighted by molar-refractivity contribution is 8.00. The van der Waals surface area contributed by atoms with Gasteiger partial charge in [-0.2, -0.15) is 0 Å². The highest BCUT2D eigenvalue weighted by atomic mass is 32.2. The average Bonchev–Trinajstić information content (AvgIpc) is 2.28. The summed E-state index contributed by atoms with van der Waals surface area (Å²) in [6, 6.07) is 8.78. The number of rotatable bonds is 7. The Morgan fingerprint density at radius 1 is 1.25 bits per heavy atom. The van der Waals surface area contributed by atoms with Crippen molar-refractivity contribution < 1.29 is 0 Å². The molecule has 1 rings (SSSR count). The minimum absolute atomic E-state index is 0.638. The van der Waals surface area contributed by atoms with Crippen LogP contribution in [-0.4, -0.2) is 18.3 Å². The number of hydrogen-bond acceptors (Lipinski definition) is 2. The fourth-order valence-corrected chi connectivity index (χ4v) is 2.46. The topological polar surface area (TPSA) is 12.0 Å². The van der Waals surface area contributed by atoms with E-state index in [1.807, 2.05) is 11.8 Å². The van der Waals surface area contributed by atoms with E-state index in [9.17, 15) is 0 Å². The maximum absolute atomic E-state index is 3.50. The van der Waals surface area contributed by atoms with E-state index in [1.54, 1.807) is 0 Å². The molecule has 0 aliphatic rings. The van der Waals surface area contributed by atoms with Gasteiger partial charge in [-0.25, -0.2) is 0 Å². The molecule has 1 N–H and O–H groups in total. The molecule has 2 heteroatoms. The monoisotopic (exact) mass is 237 g/mol. The SMILES string of the molecule is CCCCNCC(C)Sc1ccc(C)cc1. The van der Waals surface area contributed by atoms with Crippen molar-refractivity contribution in [3.63, 3.8) is 0 Å². The van der Waals surface area contributed by atoms with Gasteiger partial charge in [-0.15, -0.1) is 11.8 Å². The van der Waals surface area contributed by atoms with Crippen molar-refractivity contribution in [1.29, 1.82) is 0 Å². The minimum Gasteiger partial charge on any atom is -0.316 e. The highest BCUT2D eigenvalue weighted by Gasteiger charge is 2.03. The maximum Gasteiger partial charge on any atom is 0.0191 e. The van der Waals surface area contributed by atoms with Gasteiger partial charge in [-0.1, -0.05) is 38.0 Å². The van der Waals surface area contributed by atoms with Gasteiger partial charge in [0.15, 0.2) is 0 Å². The summed E-state index contributed by atoms with van der Waals surface area (Å²) in [5.74, 6) is 0. The van der Waals surface area contributed by atoms with Gasteiger partial charge in [0.05, 0.1) is 0 Å². The summed E-state index contributed by atoms with van der Waals surface area (Å²) in [6.45, 7) is 8.88. The lowest BCUT2D eigenvalue weighted by Crippen LogP contribution is -2.23. The van der Waals surface area contributed by atoms with Crippen LogP contribution < -0.4 is 5.32 Å². The Bertz CT molecular complexity index is 281. The van der Waals surface area contributed by atoms with Gasteiger partial charge in [0.2, 0.25) is 0 Å². The van der Waals surface area contributed by atoms with Crippen LogP contribution in [0.4, 0.5) is 0 Å². The molecule has 0 bridgehead atoms. The zero-order chi connectivity index (χ0) is 11.8. The van der Waals surface area contributed by atoms with Crippen molar-refractivity contribution in [3.05, 3.63) is 29.8 Å². The Balaban J connectivity index is 2.23. The van der Waals surface area contributed by atoms with Crippen molar-refractivity contribution in [3.8, 4) is 0 Å². The molecule has 1 aromatic rings. The second-order valence-electron chi connectivity index (χ2n) is 4.30. The minimum atomic E-state index is 0.638. The molecule has 0 amide bonds. The Morgan fingerprint density at radius 2 is 1.94 bits per heavy atom. The van der Waals surface area contributed by atoms with Crippen LogP contribution in [0.2, 0.25) is 0 Å². The van der Waals surface area contributed by atoms with Gasteiger partial charge in [-0.05, 0) is 32.0 Å².